The number of aliphatic hydroxyl groups is 1. The molecule has 4 aromatic carbocycles. The largest absolute Gasteiger partial charge is 0.508 e. The van der Waals surface area contributed by atoms with E-state index in [0.717, 1.165) is 22.6 Å². The Labute approximate surface area is 293 Å². The van der Waals surface area contributed by atoms with Crippen LogP contribution in [0.1, 0.15) is 43.3 Å². The zero-order valence-electron chi connectivity index (χ0n) is 29.2. The highest BCUT2D eigenvalue weighted by atomic mass is 16.7. The Bertz CT molecular complexity index is 1620. The first-order valence-corrected chi connectivity index (χ1v) is 16.3. The number of esters is 2. The molecule has 0 spiro atoms. The van der Waals surface area contributed by atoms with Crippen LogP contribution in [-0.2, 0) is 18.9 Å². The fourth-order valence-electron chi connectivity index (χ4n) is 5.17. The first-order valence-electron chi connectivity index (χ1n) is 16.3. The van der Waals surface area contributed by atoms with Gasteiger partial charge in [0.05, 0.1) is 24.3 Å². The van der Waals surface area contributed by atoms with E-state index in [0.29, 0.717) is 6.54 Å². The Morgan fingerprint density at radius 1 is 0.520 bits per heavy atom. The monoisotopic (exact) mass is 683 g/mol. The van der Waals surface area contributed by atoms with Crippen LogP contribution in [0, 0.1) is 0 Å². The van der Waals surface area contributed by atoms with Crippen molar-refractivity contribution in [1.29, 1.82) is 0 Å². The average molecular weight is 684 g/mol. The van der Waals surface area contributed by atoms with Gasteiger partial charge in [0.1, 0.15) is 26.4 Å². The lowest BCUT2D eigenvalue weighted by Crippen LogP contribution is -2.24. The number of likely N-dealkylation sites (N-methyl/N-ethyl adjacent to an activating group) is 1. The Morgan fingerprint density at radius 2 is 0.900 bits per heavy atom. The number of ether oxygens (including phenoxy) is 4. The molecule has 0 unspecified atom stereocenters. The standard InChI is InChI=1S/C39H45N3O8/c1-40(2)33-16-10-28(11-17-33)36(29-12-18-34(19-13-29)41(3)4)30-14-20-35(21-15-30)42(5)22-24-49-39(46)50-27-26-48-38(45)32-8-6-31(7-9-32)37(44)47-25-23-43/h6-21,36,43H,22-27H2,1-5H3. The molecule has 11 heteroatoms. The summed E-state index contributed by atoms with van der Waals surface area (Å²) in [5, 5.41) is 8.75. The summed E-state index contributed by atoms with van der Waals surface area (Å²) in [7, 11) is 10.1. The van der Waals surface area contributed by atoms with Gasteiger partial charge < -0.3 is 38.8 Å². The lowest BCUT2D eigenvalue weighted by Gasteiger charge is -2.23. The molecular formula is C39H45N3O8. The summed E-state index contributed by atoms with van der Waals surface area (Å²) in [6.07, 6.45) is -0.862. The van der Waals surface area contributed by atoms with Crippen molar-refractivity contribution in [2.45, 2.75) is 5.92 Å². The zero-order chi connectivity index (χ0) is 36.0. The minimum Gasteiger partial charge on any atom is -0.460 e. The van der Waals surface area contributed by atoms with E-state index in [-0.39, 0.29) is 50.1 Å². The molecule has 0 aliphatic heterocycles. The molecule has 0 saturated heterocycles. The van der Waals surface area contributed by atoms with E-state index in [1.54, 1.807) is 0 Å². The number of rotatable bonds is 16. The van der Waals surface area contributed by atoms with Crippen LogP contribution < -0.4 is 14.7 Å². The summed E-state index contributed by atoms with van der Waals surface area (Å²) >= 11 is 0. The number of aliphatic hydroxyl groups excluding tert-OH is 1. The van der Waals surface area contributed by atoms with Gasteiger partial charge in [0, 0.05) is 58.2 Å². The van der Waals surface area contributed by atoms with Crippen LogP contribution in [0.4, 0.5) is 21.9 Å². The first kappa shape index (κ1) is 37.3. The molecule has 4 aromatic rings. The van der Waals surface area contributed by atoms with Crippen molar-refractivity contribution >= 4 is 35.2 Å². The van der Waals surface area contributed by atoms with E-state index in [2.05, 4.69) is 82.6 Å². The van der Waals surface area contributed by atoms with Crippen LogP contribution in [-0.4, -0.2) is 98.0 Å². The molecule has 0 fully saturated rings. The van der Waals surface area contributed by atoms with Crippen molar-refractivity contribution in [2.75, 3.05) is 89.5 Å². The second-order valence-corrected chi connectivity index (χ2v) is 11.9. The Balaban J connectivity index is 1.25. The predicted molar refractivity (Wildman–Crippen MR) is 194 cm³/mol. The number of nitrogens with zero attached hydrogens (tertiary/aromatic N) is 3. The van der Waals surface area contributed by atoms with Crippen LogP contribution >= 0.6 is 0 Å². The van der Waals surface area contributed by atoms with Gasteiger partial charge in [0.25, 0.3) is 0 Å². The lowest BCUT2D eigenvalue weighted by atomic mass is 9.85. The fraction of sp³-hybridized carbons (Fsp3) is 0.308. The number of hydrogen-bond donors (Lipinski definition) is 1. The third-order valence-electron chi connectivity index (χ3n) is 8.02. The van der Waals surface area contributed by atoms with Crippen molar-refractivity contribution in [3.63, 3.8) is 0 Å². The Morgan fingerprint density at radius 3 is 1.32 bits per heavy atom. The molecule has 0 aromatic heterocycles. The molecule has 0 heterocycles. The van der Waals surface area contributed by atoms with Gasteiger partial charge in [-0.25, -0.2) is 14.4 Å². The third-order valence-corrected chi connectivity index (χ3v) is 8.02. The van der Waals surface area contributed by atoms with Gasteiger partial charge in [0.15, 0.2) is 0 Å². The second-order valence-electron chi connectivity index (χ2n) is 11.9. The number of carbonyl (C=O) groups is 3. The van der Waals surface area contributed by atoms with E-state index in [1.807, 2.05) is 40.1 Å². The molecule has 0 amide bonds. The third kappa shape index (κ3) is 10.5. The van der Waals surface area contributed by atoms with E-state index in [4.69, 9.17) is 24.1 Å². The van der Waals surface area contributed by atoms with E-state index >= 15 is 0 Å². The van der Waals surface area contributed by atoms with Crippen molar-refractivity contribution in [3.8, 4) is 0 Å². The molecule has 4 rings (SSSR count). The maximum absolute atomic E-state index is 12.2. The van der Waals surface area contributed by atoms with Gasteiger partial charge in [-0.1, -0.05) is 36.4 Å². The van der Waals surface area contributed by atoms with Crippen LogP contribution in [0.3, 0.4) is 0 Å². The average Bonchev–Trinajstić information content (AvgIpc) is 3.13. The summed E-state index contributed by atoms with van der Waals surface area (Å²) in [5.74, 6) is -1.20. The Hall–Kier alpha value is -5.55. The maximum Gasteiger partial charge on any atom is 0.508 e. The van der Waals surface area contributed by atoms with Crippen molar-refractivity contribution in [2.24, 2.45) is 0 Å². The molecule has 0 radical (unpaired) electrons. The minimum atomic E-state index is -0.862. The molecule has 0 bridgehead atoms. The predicted octanol–water partition coefficient (Wildman–Crippen LogP) is 5.59. The quantitative estimate of drug-likeness (QED) is 0.0689. The van der Waals surface area contributed by atoms with E-state index < -0.39 is 18.1 Å². The summed E-state index contributed by atoms with van der Waals surface area (Å²) in [6, 6.07) is 31.4. The smallest absolute Gasteiger partial charge is 0.460 e. The molecule has 11 nitrogen and oxygen atoms in total. The van der Waals surface area contributed by atoms with Gasteiger partial charge in [-0.3, -0.25) is 0 Å². The number of benzene rings is 4. The van der Waals surface area contributed by atoms with Gasteiger partial charge >= 0.3 is 18.1 Å². The van der Waals surface area contributed by atoms with Gasteiger partial charge in [-0.2, -0.15) is 0 Å². The van der Waals surface area contributed by atoms with Crippen LogP contribution in [0.2, 0.25) is 0 Å². The highest BCUT2D eigenvalue weighted by molar-refractivity contribution is 5.93. The van der Waals surface area contributed by atoms with Gasteiger partial charge in [-0.15, -0.1) is 0 Å². The normalized spacial score (nSPS) is 10.7. The fourth-order valence-corrected chi connectivity index (χ4v) is 5.17. The molecule has 1 N–H and O–H groups in total. The van der Waals surface area contributed by atoms with Crippen LogP contribution in [0.5, 0.6) is 0 Å². The SMILES string of the molecule is CN(C)c1ccc(C(c2ccc(N(C)C)cc2)c2ccc(N(C)CCOC(=O)OCCOC(=O)c3ccc(C(=O)OCCO)cc3)cc2)cc1. The molecule has 264 valence electrons. The second kappa shape index (κ2) is 18.3. The molecule has 0 atom stereocenters. The summed E-state index contributed by atoms with van der Waals surface area (Å²) in [5.41, 5.74) is 7.27. The van der Waals surface area contributed by atoms with E-state index in [1.165, 1.54) is 35.4 Å². The highest BCUT2D eigenvalue weighted by Gasteiger charge is 2.18. The number of anilines is 3. The van der Waals surface area contributed by atoms with Crippen LogP contribution in [0.25, 0.3) is 0 Å². The summed E-state index contributed by atoms with van der Waals surface area (Å²) in [4.78, 5) is 42.3. The maximum atomic E-state index is 12.2. The van der Waals surface area contributed by atoms with Gasteiger partial charge in [0.2, 0.25) is 0 Å². The van der Waals surface area contributed by atoms with Crippen molar-refractivity contribution < 1.29 is 38.4 Å². The molecule has 0 aliphatic rings. The zero-order valence-corrected chi connectivity index (χ0v) is 29.2. The number of carbonyl (C=O) groups excluding carboxylic acids is 3. The molecule has 0 saturated carbocycles. The molecule has 0 aliphatic carbocycles. The highest BCUT2D eigenvalue weighted by Crippen LogP contribution is 2.34. The lowest BCUT2D eigenvalue weighted by molar-refractivity contribution is 0.0236. The summed E-state index contributed by atoms with van der Waals surface area (Å²) in [6.45, 7) is -0.193. The van der Waals surface area contributed by atoms with Gasteiger partial charge in [-0.05, 0) is 77.4 Å². The Kier molecular flexibility index (Phi) is 13.6. The van der Waals surface area contributed by atoms with Crippen molar-refractivity contribution in [3.05, 3.63) is 125 Å². The van der Waals surface area contributed by atoms with Crippen LogP contribution in [0.15, 0.2) is 97.1 Å². The molecule has 50 heavy (non-hydrogen) atoms. The topological polar surface area (TPSA) is 118 Å². The number of hydrogen-bond acceptors (Lipinski definition) is 11. The van der Waals surface area contributed by atoms with Crippen molar-refractivity contribution in [1.82, 2.24) is 0 Å². The summed E-state index contributed by atoms with van der Waals surface area (Å²) < 4.78 is 20.2. The minimum absolute atomic E-state index is 0.0494. The first-order chi connectivity index (χ1) is 24.1. The molecular weight excluding hydrogens is 638 g/mol. The van der Waals surface area contributed by atoms with E-state index in [9.17, 15) is 14.4 Å².